The lowest BCUT2D eigenvalue weighted by Gasteiger charge is -2.12. The molecule has 0 unspecified atom stereocenters. The molecule has 1 aromatic carbocycles. The van der Waals surface area contributed by atoms with Crippen LogP contribution in [0.2, 0.25) is 0 Å². The van der Waals surface area contributed by atoms with Gasteiger partial charge in [0.25, 0.3) is 0 Å². The Hall–Kier alpha value is -1.97. The number of aromatic nitrogens is 2. The fraction of sp³-hybridized carbons (Fsp3) is 0.400. The molecular formula is C15H20N2O2. The van der Waals surface area contributed by atoms with Crippen molar-refractivity contribution in [2.24, 2.45) is 0 Å². The van der Waals surface area contributed by atoms with E-state index in [-0.39, 0.29) is 5.75 Å². The second kappa shape index (κ2) is 6.27. The first-order chi connectivity index (χ1) is 9.22. The fourth-order valence-corrected chi connectivity index (χ4v) is 2.05. The highest BCUT2D eigenvalue weighted by atomic mass is 16.5. The highest BCUT2D eigenvalue weighted by Crippen LogP contribution is 2.19. The average molecular weight is 260 g/mol. The summed E-state index contributed by atoms with van der Waals surface area (Å²) >= 11 is 0. The van der Waals surface area contributed by atoms with Gasteiger partial charge in [-0.05, 0) is 31.0 Å². The van der Waals surface area contributed by atoms with Gasteiger partial charge < -0.3 is 9.84 Å². The Morgan fingerprint density at radius 3 is 2.74 bits per heavy atom. The van der Waals surface area contributed by atoms with E-state index in [2.05, 4.69) is 18.9 Å². The zero-order chi connectivity index (χ0) is 13.7. The van der Waals surface area contributed by atoms with Gasteiger partial charge in [-0.15, -0.1) is 0 Å². The first kappa shape index (κ1) is 13.5. The quantitative estimate of drug-likeness (QED) is 0.864. The summed E-state index contributed by atoms with van der Waals surface area (Å²) in [7, 11) is 0. The minimum atomic E-state index is 0.208. The van der Waals surface area contributed by atoms with Gasteiger partial charge in [0.15, 0.2) is 0 Å². The third-order valence-electron chi connectivity index (χ3n) is 3.18. The van der Waals surface area contributed by atoms with E-state index in [0.29, 0.717) is 18.4 Å². The second-order valence-electron chi connectivity index (χ2n) is 4.54. The van der Waals surface area contributed by atoms with Crippen molar-refractivity contribution in [1.29, 1.82) is 0 Å². The van der Waals surface area contributed by atoms with Crippen molar-refractivity contribution in [2.45, 2.75) is 39.3 Å². The van der Waals surface area contributed by atoms with Crippen LogP contribution in [0, 0.1) is 0 Å². The lowest BCUT2D eigenvalue weighted by Crippen LogP contribution is -2.08. The van der Waals surface area contributed by atoms with E-state index in [4.69, 9.17) is 4.74 Å². The summed E-state index contributed by atoms with van der Waals surface area (Å²) in [5, 5.41) is 13.9. The van der Waals surface area contributed by atoms with Gasteiger partial charge in [-0.3, -0.25) is 4.68 Å². The molecule has 0 atom stereocenters. The fourth-order valence-electron chi connectivity index (χ4n) is 2.05. The molecule has 0 bridgehead atoms. The van der Waals surface area contributed by atoms with Gasteiger partial charge in [0, 0.05) is 12.3 Å². The summed E-state index contributed by atoms with van der Waals surface area (Å²) < 4.78 is 7.60. The Labute approximate surface area is 113 Å². The Bertz CT molecular complexity index is 518. The largest absolute Gasteiger partial charge is 0.508 e. The van der Waals surface area contributed by atoms with Crippen molar-refractivity contribution in [2.75, 3.05) is 0 Å². The molecule has 0 aliphatic heterocycles. The number of hydrogen-bond acceptors (Lipinski definition) is 3. The summed E-state index contributed by atoms with van der Waals surface area (Å²) in [5.41, 5.74) is 0.898. The molecule has 2 rings (SSSR count). The van der Waals surface area contributed by atoms with Crippen LogP contribution in [0.1, 0.15) is 38.4 Å². The summed E-state index contributed by atoms with van der Waals surface area (Å²) in [6.07, 6.45) is 4.15. The molecule has 0 amide bonds. The Morgan fingerprint density at radius 1 is 1.26 bits per heavy atom. The third-order valence-corrected chi connectivity index (χ3v) is 3.18. The van der Waals surface area contributed by atoms with Crippen molar-refractivity contribution in [3.63, 3.8) is 0 Å². The first-order valence-electron chi connectivity index (χ1n) is 6.68. The predicted octanol–water partition coefficient (Wildman–Crippen LogP) is 3.53. The molecule has 2 aromatic rings. The van der Waals surface area contributed by atoms with E-state index in [1.54, 1.807) is 18.2 Å². The zero-order valence-corrected chi connectivity index (χ0v) is 11.4. The maximum Gasteiger partial charge on any atom is 0.132 e. The van der Waals surface area contributed by atoms with Gasteiger partial charge in [0.1, 0.15) is 18.1 Å². The number of hydrogen-bond donors (Lipinski definition) is 1. The van der Waals surface area contributed by atoms with Gasteiger partial charge in [0.05, 0.1) is 11.7 Å². The molecule has 0 spiro atoms. The minimum absolute atomic E-state index is 0.208. The summed E-state index contributed by atoms with van der Waals surface area (Å²) in [6, 6.07) is 9.22. The van der Waals surface area contributed by atoms with Crippen LogP contribution in [0.5, 0.6) is 11.5 Å². The van der Waals surface area contributed by atoms with E-state index in [1.807, 2.05) is 23.0 Å². The molecule has 0 aliphatic rings. The highest BCUT2D eigenvalue weighted by molar-refractivity contribution is 5.31. The predicted molar refractivity (Wildman–Crippen MR) is 74.3 cm³/mol. The van der Waals surface area contributed by atoms with E-state index >= 15 is 0 Å². The molecule has 0 saturated carbocycles. The van der Waals surface area contributed by atoms with Crippen LogP contribution in [-0.2, 0) is 6.61 Å². The average Bonchev–Trinajstić information content (AvgIpc) is 2.87. The molecule has 4 nitrogen and oxygen atoms in total. The summed E-state index contributed by atoms with van der Waals surface area (Å²) in [5.74, 6) is 0.858. The number of phenolic OH excluding ortho intramolecular Hbond substituents is 1. The molecular weight excluding hydrogens is 240 g/mol. The molecule has 1 N–H and O–H groups in total. The summed E-state index contributed by atoms with van der Waals surface area (Å²) in [4.78, 5) is 0. The normalized spacial score (nSPS) is 10.9. The van der Waals surface area contributed by atoms with Crippen molar-refractivity contribution >= 4 is 0 Å². The van der Waals surface area contributed by atoms with Crippen molar-refractivity contribution in [3.05, 3.63) is 42.2 Å². The second-order valence-corrected chi connectivity index (χ2v) is 4.54. The maximum atomic E-state index is 9.35. The van der Waals surface area contributed by atoms with Crippen LogP contribution in [0.25, 0.3) is 0 Å². The number of benzene rings is 1. The van der Waals surface area contributed by atoms with Crippen LogP contribution in [-0.4, -0.2) is 14.9 Å². The Balaban J connectivity index is 1.97. The molecule has 0 fully saturated rings. The van der Waals surface area contributed by atoms with Crippen LogP contribution in [0.3, 0.4) is 0 Å². The lowest BCUT2D eigenvalue weighted by atomic mass is 10.2. The minimum Gasteiger partial charge on any atom is -0.508 e. The molecule has 1 aromatic heterocycles. The number of ether oxygens (including phenoxy) is 1. The molecule has 1 heterocycles. The summed E-state index contributed by atoms with van der Waals surface area (Å²) in [6.45, 7) is 4.74. The maximum absolute atomic E-state index is 9.35. The van der Waals surface area contributed by atoms with Gasteiger partial charge in [-0.1, -0.05) is 19.9 Å². The van der Waals surface area contributed by atoms with E-state index in [1.165, 1.54) is 0 Å². The van der Waals surface area contributed by atoms with Crippen LogP contribution >= 0.6 is 0 Å². The van der Waals surface area contributed by atoms with E-state index < -0.39 is 0 Å². The van der Waals surface area contributed by atoms with Crippen molar-refractivity contribution in [1.82, 2.24) is 9.78 Å². The lowest BCUT2D eigenvalue weighted by molar-refractivity contribution is 0.295. The first-order valence-corrected chi connectivity index (χ1v) is 6.68. The monoisotopic (exact) mass is 260 g/mol. The molecule has 4 heteroatoms. The standard InChI is InChI=1S/C15H20N2O2/c1-3-13(4-2)17-9-8-12(16-17)11-19-15-7-5-6-14(18)10-15/h5-10,13,18H,3-4,11H2,1-2H3. The number of rotatable bonds is 6. The van der Waals surface area contributed by atoms with Crippen LogP contribution in [0.4, 0.5) is 0 Å². The highest BCUT2D eigenvalue weighted by Gasteiger charge is 2.08. The number of aromatic hydroxyl groups is 1. The number of phenols is 1. The molecule has 0 radical (unpaired) electrons. The van der Waals surface area contributed by atoms with Gasteiger partial charge in [0.2, 0.25) is 0 Å². The molecule has 19 heavy (non-hydrogen) atoms. The van der Waals surface area contributed by atoms with E-state index in [9.17, 15) is 5.11 Å². The zero-order valence-electron chi connectivity index (χ0n) is 11.4. The van der Waals surface area contributed by atoms with Crippen LogP contribution in [0.15, 0.2) is 36.5 Å². The molecule has 102 valence electrons. The topological polar surface area (TPSA) is 47.3 Å². The van der Waals surface area contributed by atoms with Gasteiger partial charge in [-0.25, -0.2) is 0 Å². The smallest absolute Gasteiger partial charge is 0.132 e. The van der Waals surface area contributed by atoms with Gasteiger partial charge in [-0.2, -0.15) is 5.10 Å². The Kier molecular flexibility index (Phi) is 4.44. The number of nitrogens with zero attached hydrogens (tertiary/aromatic N) is 2. The van der Waals surface area contributed by atoms with E-state index in [0.717, 1.165) is 18.5 Å². The Morgan fingerprint density at radius 2 is 2.05 bits per heavy atom. The third kappa shape index (κ3) is 3.50. The van der Waals surface area contributed by atoms with Gasteiger partial charge >= 0.3 is 0 Å². The molecule has 0 saturated heterocycles. The molecule has 0 aliphatic carbocycles. The van der Waals surface area contributed by atoms with Crippen molar-refractivity contribution < 1.29 is 9.84 Å². The SMILES string of the molecule is CCC(CC)n1ccc(COc2cccc(O)c2)n1. The van der Waals surface area contributed by atoms with Crippen molar-refractivity contribution in [3.8, 4) is 11.5 Å². The van der Waals surface area contributed by atoms with Crippen LogP contribution < -0.4 is 4.74 Å².